The first-order valence-corrected chi connectivity index (χ1v) is 4.71. The van der Waals surface area contributed by atoms with E-state index in [4.69, 9.17) is 0 Å². The van der Waals surface area contributed by atoms with Crippen molar-refractivity contribution in [3.8, 4) is 0 Å². The van der Waals surface area contributed by atoms with Crippen LogP contribution in [0.2, 0.25) is 0 Å². The van der Waals surface area contributed by atoms with Gasteiger partial charge in [-0.3, -0.25) is 0 Å². The summed E-state index contributed by atoms with van der Waals surface area (Å²) in [5, 5.41) is 2.26. The van der Waals surface area contributed by atoms with Crippen molar-refractivity contribution in [1.82, 2.24) is 0 Å². The second-order valence-corrected chi connectivity index (χ2v) is 2.39. The van der Waals surface area contributed by atoms with Gasteiger partial charge in [-0.15, -0.1) is 0 Å². The first-order chi connectivity index (χ1) is 6.34. The van der Waals surface area contributed by atoms with Crippen molar-refractivity contribution < 1.29 is 0 Å². The SMILES string of the molecule is C=c1cccc/c1=C/C=C\C.CC. The number of allylic oxidation sites excluding steroid dienone is 2. The first kappa shape index (κ1) is 11.7. The Balaban J connectivity index is 0.000000671. The highest BCUT2D eigenvalue weighted by Crippen LogP contribution is 1.73. The normalized spacial score (nSPS) is 11.2. The van der Waals surface area contributed by atoms with Crippen LogP contribution in [0, 0.1) is 0 Å². The summed E-state index contributed by atoms with van der Waals surface area (Å²) in [5.41, 5.74) is 0. The van der Waals surface area contributed by atoms with Gasteiger partial charge in [-0.1, -0.05) is 62.9 Å². The molecule has 70 valence electrons. The molecular formula is C13H18. The van der Waals surface area contributed by atoms with Gasteiger partial charge >= 0.3 is 0 Å². The summed E-state index contributed by atoms with van der Waals surface area (Å²) in [6.07, 6.45) is 6.08. The number of benzene rings is 1. The quantitative estimate of drug-likeness (QED) is 0.613. The predicted molar refractivity (Wildman–Crippen MR) is 61.8 cm³/mol. The molecule has 0 bridgehead atoms. The Morgan fingerprint density at radius 1 is 1.15 bits per heavy atom. The van der Waals surface area contributed by atoms with Crippen LogP contribution in [0.4, 0.5) is 0 Å². The van der Waals surface area contributed by atoms with Crippen molar-refractivity contribution in [3.05, 3.63) is 46.9 Å². The summed E-state index contributed by atoms with van der Waals surface area (Å²) in [7, 11) is 0. The van der Waals surface area contributed by atoms with Gasteiger partial charge in [0.15, 0.2) is 0 Å². The molecule has 0 heterocycles. The van der Waals surface area contributed by atoms with E-state index in [1.165, 1.54) is 5.22 Å². The summed E-state index contributed by atoms with van der Waals surface area (Å²) in [4.78, 5) is 0. The van der Waals surface area contributed by atoms with Crippen LogP contribution in [0.5, 0.6) is 0 Å². The topological polar surface area (TPSA) is 0 Å². The third kappa shape index (κ3) is 4.32. The van der Waals surface area contributed by atoms with E-state index < -0.39 is 0 Å². The van der Waals surface area contributed by atoms with Crippen molar-refractivity contribution in [2.75, 3.05) is 0 Å². The van der Waals surface area contributed by atoms with Crippen LogP contribution >= 0.6 is 0 Å². The average molecular weight is 174 g/mol. The van der Waals surface area contributed by atoms with Crippen LogP contribution in [0.25, 0.3) is 12.7 Å². The monoisotopic (exact) mass is 174 g/mol. The zero-order chi connectivity index (χ0) is 10.1. The lowest BCUT2D eigenvalue weighted by atomic mass is 10.2. The smallest absolute Gasteiger partial charge is 0.0190 e. The molecule has 0 spiro atoms. The van der Waals surface area contributed by atoms with Gasteiger partial charge in [-0.25, -0.2) is 0 Å². The fraction of sp³-hybridized carbons (Fsp3) is 0.231. The largest absolute Gasteiger partial charge is 0.0912 e. The summed E-state index contributed by atoms with van der Waals surface area (Å²) >= 11 is 0. The molecule has 13 heavy (non-hydrogen) atoms. The minimum atomic E-state index is 1.07. The summed E-state index contributed by atoms with van der Waals surface area (Å²) in [5.74, 6) is 0. The molecule has 0 aliphatic carbocycles. The molecule has 0 saturated heterocycles. The van der Waals surface area contributed by atoms with Crippen LogP contribution in [0.15, 0.2) is 36.4 Å². The highest BCUT2D eigenvalue weighted by Gasteiger charge is 1.76. The van der Waals surface area contributed by atoms with Gasteiger partial charge in [-0.2, -0.15) is 0 Å². The van der Waals surface area contributed by atoms with E-state index in [9.17, 15) is 0 Å². The molecule has 0 nitrogen and oxygen atoms in total. The fourth-order valence-electron chi connectivity index (χ4n) is 0.897. The van der Waals surface area contributed by atoms with Gasteiger partial charge in [0, 0.05) is 0 Å². The van der Waals surface area contributed by atoms with Gasteiger partial charge in [0.1, 0.15) is 0 Å². The Morgan fingerprint density at radius 2 is 1.77 bits per heavy atom. The summed E-state index contributed by atoms with van der Waals surface area (Å²) < 4.78 is 0. The molecule has 0 atom stereocenters. The standard InChI is InChI=1S/C11H12.C2H6/c1-3-4-8-11-9-6-5-7-10(11)2;1-2/h3-9H,2H2,1H3;1-2H3/b4-3-,11-8-;. The Morgan fingerprint density at radius 3 is 2.31 bits per heavy atom. The van der Waals surface area contributed by atoms with Crippen molar-refractivity contribution >= 4 is 12.7 Å². The second kappa shape index (κ2) is 7.35. The fourth-order valence-corrected chi connectivity index (χ4v) is 0.897. The molecule has 0 N–H and O–H groups in total. The molecule has 0 aromatic heterocycles. The molecule has 1 rings (SSSR count). The molecule has 0 amide bonds. The number of rotatable bonds is 1. The molecule has 0 aliphatic rings. The maximum atomic E-state index is 3.91. The Hall–Kier alpha value is -1.30. The predicted octanol–water partition coefficient (Wildman–Crippen LogP) is 2.48. The van der Waals surface area contributed by atoms with E-state index in [1.807, 2.05) is 51.1 Å². The van der Waals surface area contributed by atoms with Crippen LogP contribution in [-0.4, -0.2) is 0 Å². The van der Waals surface area contributed by atoms with Crippen LogP contribution in [-0.2, 0) is 0 Å². The first-order valence-electron chi connectivity index (χ1n) is 4.71. The minimum Gasteiger partial charge on any atom is -0.0912 e. The minimum absolute atomic E-state index is 1.07. The zero-order valence-electron chi connectivity index (χ0n) is 8.75. The maximum Gasteiger partial charge on any atom is -0.0190 e. The molecule has 1 aromatic rings. The third-order valence-electron chi connectivity index (χ3n) is 1.52. The van der Waals surface area contributed by atoms with E-state index in [1.54, 1.807) is 0 Å². The maximum absolute atomic E-state index is 3.91. The average Bonchev–Trinajstić information content (AvgIpc) is 2.20. The van der Waals surface area contributed by atoms with Crippen molar-refractivity contribution in [2.45, 2.75) is 20.8 Å². The van der Waals surface area contributed by atoms with Crippen LogP contribution in [0.3, 0.4) is 0 Å². The number of hydrogen-bond donors (Lipinski definition) is 0. The second-order valence-electron chi connectivity index (χ2n) is 2.39. The highest BCUT2D eigenvalue weighted by molar-refractivity contribution is 5.37. The van der Waals surface area contributed by atoms with E-state index >= 15 is 0 Å². The zero-order valence-corrected chi connectivity index (χ0v) is 8.75. The Labute approximate surface area is 80.9 Å². The Bertz CT molecular complexity index is 345. The van der Waals surface area contributed by atoms with Gasteiger partial charge in [0.2, 0.25) is 0 Å². The molecule has 0 aliphatic heterocycles. The summed E-state index contributed by atoms with van der Waals surface area (Å²) in [6, 6.07) is 8.08. The van der Waals surface area contributed by atoms with E-state index in [2.05, 4.69) is 18.7 Å². The van der Waals surface area contributed by atoms with Gasteiger partial charge in [0.25, 0.3) is 0 Å². The highest BCUT2D eigenvalue weighted by atomic mass is 13.8. The van der Waals surface area contributed by atoms with Gasteiger partial charge in [0.05, 0.1) is 0 Å². The lowest BCUT2D eigenvalue weighted by Gasteiger charge is -1.84. The molecule has 0 fully saturated rings. The summed E-state index contributed by atoms with van der Waals surface area (Å²) in [6.45, 7) is 9.91. The van der Waals surface area contributed by atoms with Crippen LogP contribution < -0.4 is 10.4 Å². The Kier molecular flexibility index (Phi) is 6.62. The molecule has 0 unspecified atom stereocenters. The van der Waals surface area contributed by atoms with Gasteiger partial charge in [-0.05, 0) is 17.4 Å². The number of hydrogen-bond acceptors (Lipinski definition) is 0. The van der Waals surface area contributed by atoms with Crippen molar-refractivity contribution in [2.24, 2.45) is 0 Å². The van der Waals surface area contributed by atoms with Crippen molar-refractivity contribution in [1.29, 1.82) is 0 Å². The lowest BCUT2D eigenvalue weighted by molar-refractivity contribution is 1.50. The molecule has 0 heteroatoms. The molecular weight excluding hydrogens is 156 g/mol. The molecule has 1 aromatic carbocycles. The van der Waals surface area contributed by atoms with Crippen molar-refractivity contribution in [3.63, 3.8) is 0 Å². The van der Waals surface area contributed by atoms with E-state index in [-0.39, 0.29) is 0 Å². The third-order valence-corrected chi connectivity index (χ3v) is 1.52. The van der Waals surface area contributed by atoms with Crippen LogP contribution in [0.1, 0.15) is 20.8 Å². The van der Waals surface area contributed by atoms with E-state index in [0.717, 1.165) is 5.22 Å². The lowest BCUT2D eigenvalue weighted by Crippen LogP contribution is -2.21. The van der Waals surface area contributed by atoms with E-state index in [0.29, 0.717) is 0 Å². The molecule has 0 saturated carbocycles. The molecule has 0 radical (unpaired) electrons. The van der Waals surface area contributed by atoms with Gasteiger partial charge < -0.3 is 0 Å².